The van der Waals surface area contributed by atoms with Crippen LogP contribution in [0.2, 0.25) is 0 Å². The molecule has 0 spiro atoms. The van der Waals surface area contributed by atoms with Crippen LogP contribution in [0.4, 0.5) is 11.5 Å². The number of hydrogen-bond acceptors (Lipinski definition) is 5. The smallest absolute Gasteiger partial charge is 0.123 e. The molecule has 1 aromatic heterocycles. The van der Waals surface area contributed by atoms with Crippen LogP contribution in [0.25, 0.3) is 10.8 Å². The molecule has 0 atom stereocenters. The Morgan fingerprint density at radius 1 is 1.18 bits per heavy atom. The summed E-state index contributed by atoms with van der Waals surface area (Å²) < 4.78 is 0.265. The lowest BCUT2D eigenvalue weighted by Crippen LogP contribution is -2.00. The molecule has 6 heteroatoms. The van der Waals surface area contributed by atoms with Crippen molar-refractivity contribution >= 4 is 34.5 Å². The molecule has 0 amide bonds. The summed E-state index contributed by atoms with van der Waals surface area (Å²) in [5.41, 5.74) is 12.5. The van der Waals surface area contributed by atoms with Crippen LogP contribution in [-0.2, 0) is 0 Å². The third-order valence-electron chi connectivity index (χ3n) is 2.49. The van der Waals surface area contributed by atoms with Crippen molar-refractivity contribution in [3.63, 3.8) is 0 Å². The Morgan fingerprint density at radius 3 is 2.47 bits per heavy atom. The molecule has 5 nitrogen and oxygen atoms in total. The average molecular weight is 241 g/mol. The number of nitrogens with zero attached hydrogens (tertiary/aromatic N) is 2. The van der Waals surface area contributed by atoms with Gasteiger partial charge in [-0.2, -0.15) is 10.5 Å². The molecule has 1 heterocycles. The number of nitrogen functional groups attached to an aromatic ring is 2. The van der Waals surface area contributed by atoms with Crippen LogP contribution in [0, 0.1) is 27.3 Å². The highest BCUT2D eigenvalue weighted by Gasteiger charge is 2.12. The van der Waals surface area contributed by atoms with E-state index in [0.29, 0.717) is 21.9 Å². The summed E-state index contributed by atoms with van der Waals surface area (Å²) >= 11 is 5.01. The number of pyridine rings is 1. The third-order valence-corrected chi connectivity index (χ3v) is 2.80. The van der Waals surface area contributed by atoms with E-state index in [4.69, 9.17) is 34.2 Å². The second-order valence-corrected chi connectivity index (χ2v) is 3.82. The first-order valence-corrected chi connectivity index (χ1v) is 5.05. The van der Waals surface area contributed by atoms with E-state index in [0.717, 1.165) is 0 Å². The number of hydrogen-bond donors (Lipinski definition) is 3. The minimum atomic E-state index is 0.255. The van der Waals surface area contributed by atoms with Gasteiger partial charge >= 0.3 is 0 Å². The SMILES string of the molecule is N#Cc1ccc2c(C#N)c(=S)[nH]c(N)c2c1N. The van der Waals surface area contributed by atoms with Crippen LogP contribution in [0.5, 0.6) is 0 Å². The quantitative estimate of drug-likeness (QED) is 0.480. The zero-order valence-corrected chi connectivity index (χ0v) is 9.43. The molecule has 0 radical (unpaired) electrons. The van der Waals surface area contributed by atoms with Gasteiger partial charge in [0.15, 0.2) is 0 Å². The molecule has 0 saturated carbocycles. The highest BCUT2D eigenvalue weighted by Crippen LogP contribution is 2.30. The van der Waals surface area contributed by atoms with E-state index in [1.807, 2.05) is 12.1 Å². The fourth-order valence-electron chi connectivity index (χ4n) is 1.70. The van der Waals surface area contributed by atoms with Gasteiger partial charge in [-0.05, 0) is 6.07 Å². The summed E-state index contributed by atoms with van der Waals surface area (Å²) in [5, 5.41) is 19.0. The lowest BCUT2D eigenvalue weighted by molar-refractivity contribution is 1.31. The van der Waals surface area contributed by atoms with E-state index in [2.05, 4.69) is 4.98 Å². The van der Waals surface area contributed by atoms with Gasteiger partial charge < -0.3 is 16.5 Å². The normalized spacial score (nSPS) is 9.76. The number of nitrogens with two attached hydrogens (primary N) is 2. The van der Waals surface area contributed by atoms with E-state index < -0.39 is 0 Å². The fraction of sp³-hybridized carbons (Fsp3) is 0. The third kappa shape index (κ3) is 1.48. The molecule has 17 heavy (non-hydrogen) atoms. The molecule has 0 unspecified atom stereocenters. The Kier molecular flexibility index (Phi) is 2.43. The van der Waals surface area contributed by atoms with Gasteiger partial charge in [0.25, 0.3) is 0 Å². The number of aromatic nitrogens is 1. The molecule has 0 aliphatic heterocycles. The van der Waals surface area contributed by atoms with Crippen LogP contribution in [0.3, 0.4) is 0 Å². The average Bonchev–Trinajstić information content (AvgIpc) is 2.29. The molecular weight excluding hydrogens is 234 g/mol. The molecule has 0 bridgehead atoms. The van der Waals surface area contributed by atoms with Crippen molar-refractivity contribution in [1.29, 1.82) is 10.5 Å². The lowest BCUT2D eigenvalue weighted by atomic mass is 10.0. The summed E-state index contributed by atoms with van der Waals surface area (Å²) in [4.78, 5) is 2.71. The molecule has 0 aliphatic carbocycles. The molecule has 82 valence electrons. The number of fused-ring (bicyclic) bond motifs is 1. The van der Waals surface area contributed by atoms with Crippen molar-refractivity contribution in [3.05, 3.63) is 27.9 Å². The van der Waals surface area contributed by atoms with Crippen LogP contribution in [-0.4, -0.2) is 4.98 Å². The Balaban J connectivity index is 3.11. The summed E-state index contributed by atoms with van der Waals surface area (Å²) in [6.07, 6.45) is 0. The maximum Gasteiger partial charge on any atom is 0.123 e. The zero-order valence-electron chi connectivity index (χ0n) is 8.61. The van der Waals surface area contributed by atoms with Gasteiger partial charge in [-0.15, -0.1) is 0 Å². The number of benzene rings is 1. The first kappa shape index (κ1) is 10.9. The maximum atomic E-state index is 9.04. The van der Waals surface area contributed by atoms with E-state index in [1.54, 1.807) is 12.1 Å². The van der Waals surface area contributed by atoms with Gasteiger partial charge in [0, 0.05) is 10.8 Å². The minimum absolute atomic E-state index is 0.255. The molecular formula is C11H7N5S. The molecule has 2 rings (SSSR count). The second-order valence-electron chi connectivity index (χ2n) is 3.42. The summed E-state index contributed by atoms with van der Waals surface area (Å²) in [5.74, 6) is 0.263. The highest BCUT2D eigenvalue weighted by atomic mass is 32.1. The van der Waals surface area contributed by atoms with Crippen LogP contribution in [0.1, 0.15) is 11.1 Å². The Hall–Kier alpha value is -2.57. The number of rotatable bonds is 0. The number of nitrogens with one attached hydrogen (secondary N) is 1. The summed E-state index contributed by atoms with van der Waals surface area (Å²) in [7, 11) is 0. The predicted octanol–water partition coefficient (Wildman–Crippen LogP) is 1.81. The van der Waals surface area contributed by atoms with E-state index in [1.165, 1.54) is 0 Å². The van der Waals surface area contributed by atoms with Crippen molar-refractivity contribution < 1.29 is 0 Å². The molecule has 5 N–H and O–H groups in total. The van der Waals surface area contributed by atoms with E-state index in [9.17, 15) is 0 Å². The van der Waals surface area contributed by atoms with Crippen molar-refractivity contribution in [2.24, 2.45) is 0 Å². The number of aromatic amines is 1. The predicted molar refractivity (Wildman–Crippen MR) is 67.4 cm³/mol. The van der Waals surface area contributed by atoms with Crippen molar-refractivity contribution in [1.82, 2.24) is 4.98 Å². The molecule has 0 fully saturated rings. The molecule has 1 aromatic carbocycles. The monoisotopic (exact) mass is 241 g/mol. The lowest BCUT2D eigenvalue weighted by Gasteiger charge is -2.08. The zero-order chi connectivity index (χ0) is 12.6. The van der Waals surface area contributed by atoms with Crippen LogP contribution >= 0.6 is 12.2 Å². The molecule has 0 aliphatic rings. The van der Waals surface area contributed by atoms with Crippen LogP contribution in [0.15, 0.2) is 12.1 Å². The highest BCUT2D eigenvalue weighted by molar-refractivity contribution is 7.71. The molecule has 0 saturated heterocycles. The topological polar surface area (TPSA) is 115 Å². The van der Waals surface area contributed by atoms with Gasteiger partial charge in [0.2, 0.25) is 0 Å². The van der Waals surface area contributed by atoms with Gasteiger partial charge in [-0.3, -0.25) is 0 Å². The summed E-state index contributed by atoms with van der Waals surface area (Å²) in [6, 6.07) is 7.14. The molecule has 2 aromatic rings. The maximum absolute atomic E-state index is 9.04. The number of anilines is 2. The minimum Gasteiger partial charge on any atom is -0.397 e. The first-order chi connectivity index (χ1) is 8.10. The Labute approximate surface area is 102 Å². The standard InChI is InChI=1S/C11H7N5S/c12-3-5-1-2-6-7(4-13)11(17)16-10(15)8(6)9(5)14/h1-2H,14H2,(H3,15,16,17). The van der Waals surface area contributed by atoms with Gasteiger partial charge in [-0.1, -0.05) is 18.3 Å². The van der Waals surface area contributed by atoms with Gasteiger partial charge in [0.1, 0.15) is 22.6 Å². The number of nitriles is 2. The van der Waals surface area contributed by atoms with Gasteiger partial charge in [-0.25, -0.2) is 0 Å². The van der Waals surface area contributed by atoms with Crippen LogP contribution < -0.4 is 11.5 Å². The second kappa shape index (κ2) is 3.78. The first-order valence-electron chi connectivity index (χ1n) is 4.64. The van der Waals surface area contributed by atoms with Crippen molar-refractivity contribution in [2.45, 2.75) is 0 Å². The number of H-pyrrole nitrogens is 1. The van der Waals surface area contributed by atoms with E-state index in [-0.39, 0.29) is 16.1 Å². The fourth-order valence-corrected chi connectivity index (χ4v) is 1.96. The summed E-state index contributed by atoms with van der Waals surface area (Å²) in [6.45, 7) is 0. The Bertz CT molecular complexity index is 760. The van der Waals surface area contributed by atoms with Gasteiger partial charge in [0.05, 0.1) is 16.8 Å². The Morgan fingerprint density at radius 2 is 1.88 bits per heavy atom. The van der Waals surface area contributed by atoms with Crippen molar-refractivity contribution in [2.75, 3.05) is 11.5 Å². The van der Waals surface area contributed by atoms with Crippen molar-refractivity contribution in [3.8, 4) is 12.1 Å². The van der Waals surface area contributed by atoms with E-state index >= 15 is 0 Å². The largest absolute Gasteiger partial charge is 0.397 e.